The highest BCUT2D eigenvalue weighted by molar-refractivity contribution is 5.84. The van der Waals surface area contributed by atoms with Crippen molar-refractivity contribution in [1.82, 2.24) is 19.5 Å². The Morgan fingerprint density at radius 3 is 2.63 bits per heavy atom. The smallest absolute Gasteiger partial charge is 0.227 e. The summed E-state index contributed by atoms with van der Waals surface area (Å²) in [5.41, 5.74) is 7.91. The lowest BCUT2D eigenvalue weighted by atomic mass is 9.92. The van der Waals surface area contributed by atoms with Crippen LogP contribution in [0.1, 0.15) is 77.2 Å². The number of anilines is 2. The fourth-order valence-electron chi connectivity index (χ4n) is 4.38. The zero-order valence-electron chi connectivity index (χ0n) is 16.5. The Kier molecular flexibility index (Phi) is 5.76. The predicted molar refractivity (Wildman–Crippen MR) is 110 cm³/mol. The molecular formula is C20H33N7. The van der Waals surface area contributed by atoms with Gasteiger partial charge in [-0.25, -0.2) is 4.98 Å². The van der Waals surface area contributed by atoms with Crippen LogP contribution in [-0.2, 0) is 0 Å². The molecule has 0 bridgehead atoms. The summed E-state index contributed by atoms with van der Waals surface area (Å²) in [5, 5.41) is 7.06. The van der Waals surface area contributed by atoms with Crippen molar-refractivity contribution >= 4 is 22.9 Å². The van der Waals surface area contributed by atoms with Gasteiger partial charge in [-0.1, -0.05) is 26.2 Å². The van der Waals surface area contributed by atoms with Gasteiger partial charge in [0, 0.05) is 24.7 Å². The SMILES string of the molecule is CCCCNc1nc(N[C@H]2CC[C@H](N)CC2)nc2c1ncn2C1CCCC1. The van der Waals surface area contributed by atoms with E-state index in [-0.39, 0.29) is 0 Å². The van der Waals surface area contributed by atoms with E-state index in [9.17, 15) is 0 Å². The number of nitrogens with zero attached hydrogens (tertiary/aromatic N) is 4. The summed E-state index contributed by atoms with van der Waals surface area (Å²) in [5.74, 6) is 1.59. The topological polar surface area (TPSA) is 93.7 Å². The molecule has 4 N–H and O–H groups in total. The molecule has 0 radical (unpaired) electrons. The molecule has 0 aromatic carbocycles. The Labute approximate surface area is 161 Å². The van der Waals surface area contributed by atoms with Crippen LogP contribution >= 0.6 is 0 Å². The van der Waals surface area contributed by atoms with E-state index in [1.807, 2.05) is 6.33 Å². The van der Waals surface area contributed by atoms with Gasteiger partial charge in [0.1, 0.15) is 0 Å². The second-order valence-electron chi connectivity index (χ2n) is 8.19. The summed E-state index contributed by atoms with van der Waals surface area (Å²) in [6.07, 6.45) is 13.6. The van der Waals surface area contributed by atoms with Crippen LogP contribution in [0.25, 0.3) is 11.2 Å². The first-order chi connectivity index (χ1) is 13.2. The maximum Gasteiger partial charge on any atom is 0.227 e. The summed E-state index contributed by atoms with van der Waals surface area (Å²) in [4.78, 5) is 14.3. The molecule has 0 atom stereocenters. The molecule has 4 rings (SSSR count). The highest BCUT2D eigenvalue weighted by atomic mass is 15.2. The monoisotopic (exact) mass is 371 g/mol. The maximum absolute atomic E-state index is 6.05. The fraction of sp³-hybridized carbons (Fsp3) is 0.750. The summed E-state index contributed by atoms with van der Waals surface area (Å²) < 4.78 is 2.27. The van der Waals surface area contributed by atoms with Crippen LogP contribution in [-0.4, -0.2) is 38.1 Å². The average molecular weight is 372 g/mol. The number of nitrogens with two attached hydrogens (primary N) is 1. The third kappa shape index (κ3) is 4.18. The first-order valence-electron chi connectivity index (χ1n) is 10.7. The minimum atomic E-state index is 0.349. The van der Waals surface area contributed by atoms with Crippen molar-refractivity contribution in [3.63, 3.8) is 0 Å². The molecule has 0 amide bonds. The van der Waals surface area contributed by atoms with Crippen LogP contribution < -0.4 is 16.4 Å². The van der Waals surface area contributed by atoms with Gasteiger partial charge in [-0.15, -0.1) is 0 Å². The van der Waals surface area contributed by atoms with E-state index in [2.05, 4.69) is 27.1 Å². The van der Waals surface area contributed by atoms with Crippen LogP contribution in [0, 0.1) is 0 Å². The summed E-state index contributed by atoms with van der Waals surface area (Å²) in [6, 6.07) is 1.28. The number of nitrogens with one attached hydrogen (secondary N) is 2. The van der Waals surface area contributed by atoms with Crippen LogP contribution in [0.2, 0.25) is 0 Å². The molecule has 2 fully saturated rings. The number of hydrogen-bond acceptors (Lipinski definition) is 6. The lowest BCUT2D eigenvalue weighted by Gasteiger charge is -2.27. The van der Waals surface area contributed by atoms with Gasteiger partial charge in [0.05, 0.1) is 6.33 Å². The van der Waals surface area contributed by atoms with Crippen molar-refractivity contribution < 1.29 is 0 Å². The van der Waals surface area contributed by atoms with Gasteiger partial charge in [-0.05, 0) is 44.9 Å². The quantitative estimate of drug-likeness (QED) is 0.640. The Bertz CT molecular complexity index is 742. The van der Waals surface area contributed by atoms with Gasteiger partial charge >= 0.3 is 0 Å². The van der Waals surface area contributed by atoms with Crippen LogP contribution in [0.15, 0.2) is 6.33 Å². The highest BCUT2D eigenvalue weighted by Crippen LogP contribution is 2.33. The minimum Gasteiger partial charge on any atom is -0.368 e. The molecular weight excluding hydrogens is 338 g/mol. The average Bonchev–Trinajstić information content (AvgIpc) is 3.33. The molecule has 0 spiro atoms. The highest BCUT2D eigenvalue weighted by Gasteiger charge is 2.23. The van der Waals surface area contributed by atoms with Crippen molar-refractivity contribution in [2.24, 2.45) is 5.73 Å². The molecule has 0 saturated heterocycles. The second-order valence-corrected chi connectivity index (χ2v) is 8.19. The molecule has 2 heterocycles. The number of rotatable bonds is 7. The number of hydrogen-bond donors (Lipinski definition) is 3. The molecule has 2 aromatic heterocycles. The van der Waals surface area contributed by atoms with Gasteiger partial charge in [-0.2, -0.15) is 9.97 Å². The van der Waals surface area contributed by atoms with Crippen molar-refractivity contribution in [2.75, 3.05) is 17.2 Å². The summed E-state index contributed by atoms with van der Waals surface area (Å²) in [7, 11) is 0. The lowest BCUT2D eigenvalue weighted by molar-refractivity contribution is 0.410. The molecule has 27 heavy (non-hydrogen) atoms. The molecule has 2 saturated carbocycles. The second kappa shape index (κ2) is 8.42. The third-order valence-electron chi connectivity index (χ3n) is 6.07. The molecule has 2 aromatic rings. The Hall–Kier alpha value is -1.89. The molecule has 148 valence electrons. The van der Waals surface area contributed by atoms with E-state index in [0.717, 1.165) is 68.0 Å². The molecule has 2 aliphatic carbocycles. The van der Waals surface area contributed by atoms with Crippen LogP contribution in [0.3, 0.4) is 0 Å². The molecule has 0 aliphatic heterocycles. The zero-order valence-corrected chi connectivity index (χ0v) is 16.5. The number of fused-ring (bicyclic) bond motifs is 1. The standard InChI is InChI=1S/C20H33N7/c1-2-3-12-22-18-17-19(27(13-23-17)16-6-4-5-7-16)26-20(25-18)24-15-10-8-14(21)9-11-15/h13-16H,2-12,21H2,1H3,(H2,22,24,25,26)/t14-,15-. The van der Waals surface area contributed by atoms with Gasteiger partial charge in [0.15, 0.2) is 17.0 Å². The fourth-order valence-corrected chi connectivity index (χ4v) is 4.38. The van der Waals surface area contributed by atoms with Crippen LogP contribution in [0.5, 0.6) is 0 Å². The Morgan fingerprint density at radius 2 is 1.89 bits per heavy atom. The number of aromatic nitrogens is 4. The zero-order chi connectivity index (χ0) is 18.6. The largest absolute Gasteiger partial charge is 0.368 e. The minimum absolute atomic E-state index is 0.349. The van der Waals surface area contributed by atoms with Crippen LogP contribution in [0.4, 0.5) is 11.8 Å². The first kappa shape index (κ1) is 18.5. The maximum atomic E-state index is 6.05. The predicted octanol–water partition coefficient (Wildman–Crippen LogP) is 3.84. The van der Waals surface area contributed by atoms with Gasteiger partial charge in [0.25, 0.3) is 0 Å². The number of unbranched alkanes of at least 4 members (excludes halogenated alkanes) is 1. The number of imidazole rings is 1. The van der Waals surface area contributed by atoms with Crippen molar-refractivity contribution in [3.8, 4) is 0 Å². The van der Waals surface area contributed by atoms with Gasteiger partial charge in [0.2, 0.25) is 5.95 Å². The van der Waals surface area contributed by atoms with Gasteiger partial charge < -0.3 is 20.9 Å². The van der Waals surface area contributed by atoms with E-state index in [1.165, 1.54) is 25.7 Å². The Morgan fingerprint density at radius 1 is 1.11 bits per heavy atom. The molecule has 7 heteroatoms. The van der Waals surface area contributed by atoms with E-state index in [0.29, 0.717) is 18.1 Å². The van der Waals surface area contributed by atoms with E-state index in [1.54, 1.807) is 0 Å². The van der Waals surface area contributed by atoms with E-state index >= 15 is 0 Å². The van der Waals surface area contributed by atoms with E-state index in [4.69, 9.17) is 15.7 Å². The van der Waals surface area contributed by atoms with E-state index < -0.39 is 0 Å². The first-order valence-corrected chi connectivity index (χ1v) is 10.7. The van der Waals surface area contributed by atoms with Crippen molar-refractivity contribution in [1.29, 1.82) is 0 Å². The lowest BCUT2D eigenvalue weighted by Crippen LogP contribution is -2.33. The van der Waals surface area contributed by atoms with Crippen molar-refractivity contribution in [2.45, 2.75) is 89.3 Å². The van der Waals surface area contributed by atoms with Crippen molar-refractivity contribution in [3.05, 3.63) is 6.33 Å². The Balaban J connectivity index is 1.62. The molecule has 2 aliphatic rings. The third-order valence-corrected chi connectivity index (χ3v) is 6.07. The van der Waals surface area contributed by atoms with Gasteiger partial charge in [-0.3, -0.25) is 0 Å². The molecule has 0 unspecified atom stereocenters. The summed E-state index contributed by atoms with van der Waals surface area (Å²) in [6.45, 7) is 3.11. The summed E-state index contributed by atoms with van der Waals surface area (Å²) >= 11 is 0. The normalized spacial score (nSPS) is 23.8. The molecule has 7 nitrogen and oxygen atoms in total.